The van der Waals surface area contributed by atoms with Crippen molar-refractivity contribution in [1.29, 1.82) is 0 Å². The lowest BCUT2D eigenvalue weighted by Crippen LogP contribution is -2.10. The third-order valence-electron chi connectivity index (χ3n) is 2.80. The Bertz CT molecular complexity index is 435. The van der Waals surface area contributed by atoms with Crippen LogP contribution in [0.3, 0.4) is 0 Å². The SMILES string of the molecule is CSc1cccc(NCCCCOC(C)C)c1C(=O)O. The Morgan fingerprint density at radius 2 is 2.15 bits per heavy atom. The fraction of sp³-hybridized carbons (Fsp3) is 0.533. The fourth-order valence-electron chi connectivity index (χ4n) is 1.84. The van der Waals surface area contributed by atoms with Gasteiger partial charge in [0.2, 0.25) is 0 Å². The number of nitrogens with one attached hydrogen (secondary N) is 1. The van der Waals surface area contributed by atoms with Crippen molar-refractivity contribution in [2.24, 2.45) is 0 Å². The van der Waals surface area contributed by atoms with Gasteiger partial charge in [0.15, 0.2) is 0 Å². The highest BCUT2D eigenvalue weighted by atomic mass is 32.2. The molecule has 2 N–H and O–H groups in total. The molecule has 0 radical (unpaired) electrons. The van der Waals surface area contributed by atoms with Gasteiger partial charge in [-0.2, -0.15) is 0 Å². The van der Waals surface area contributed by atoms with Crippen molar-refractivity contribution in [2.45, 2.75) is 37.7 Å². The largest absolute Gasteiger partial charge is 0.478 e. The van der Waals surface area contributed by atoms with E-state index in [0.29, 0.717) is 11.3 Å². The van der Waals surface area contributed by atoms with Gasteiger partial charge in [-0.1, -0.05) is 6.07 Å². The zero-order valence-electron chi connectivity index (χ0n) is 12.3. The maximum absolute atomic E-state index is 11.3. The van der Waals surface area contributed by atoms with E-state index in [0.717, 1.165) is 30.9 Å². The van der Waals surface area contributed by atoms with E-state index >= 15 is 0 Å². The van der Waals surface area contributed by atoms with Gasteiger partial charge >= 0.3 is 5.97 Å². The van der Waals surface area contributed by atoms with Crippen LogP contribution in [0, 0.1) is 0 Å². The predicted octanol–water partition coefficient (Wildman–Crippen LogP) is 3.72. The summed E-state index contributed by atoms with van der Waals surface area (Å²) in [7, 11) is 0. The second-order valence-corrected chi connectivity index (χ2v) is 5.59. The summed E-state index contributed by atoms with van der Waals surface area (Å²) >= 11 is 1.45. The van der Waals surface area contributed by atoms with E-state index in [4.69, 9.17) is 4.74 Å². The number of carbonyl (C=O) groups is 1. The molecular weight excluding hydrogens is 274 g/mol. The molecule has 0 aliphatic heterocycles. The number of carboxylic acid groups (broad SMARTS) is 1. The third-order valence-corrected chi connectivity index (χ3v) is 3.58. The Labute approximate surface area is 124 Å². The maximum atomic E-state index is 11.3. The van der Waals surface area contributed by atoms with Crippen LogP contribution in [0.15, 0.2) is 23.1 Å². The zero-order valence-corrected chi connectivity index (χ0v) is 13.1. The van der Waals surface area contributed by atoms with E-state index in [1.54, 1.807) is 0 Å². The molecule has 0 aliphatic rings. The first-order valence-electron chi connectivity index (χ1n) is 6.82. The lowest BCUT2D eigenvalue weighted by atomic mass is 10.1. The minimum absolute atomic E-state index is 0.264. The van der Waals surface area contributed by atoms with Crippen molar-refractivity contribution in [2.75, 3.05) is 24.7 Å². The highest BCUT2D eigenvalue weighted by molar-refractivity contribution is 7.98. The Kier molecular flexibility index (Phi) is 7.47. The van der Waals surface area contributed by atoms with Crippen LogP contribution >= 0.6 is 11.8 Å². The molecule has 1 aromatic carbocycles. The number of unbranched alkanes of at least 4 members (excludes halogenated alkanes) is 1. The molecule has 1 rings (SSSR count). The Balaban J connectivity index is 2.49. The molecule has 0 fully saturated rings. The third kappa shape index (κ3) is 5.43. The van der Waals surface area contributed by atoms with E-state index in [-0.39, 0.29) is 6.10 Å². The van der Waals surface area contributed by atoms with Crippen LogP contribution in [0.4, 0.5) is 5.69 Å². The monoisotopic (exact) mass is 297 g/mol. The van der Waals surface area contributed by atoms with Gasteiger partial charge in [-0.05, 0) is 45.1 Å². The van der Waals surface area contributed by atoms with Gasteiger partial charge in [0, 0.05) is 23.7 Å². The van der Waals surface area contributed by atoms with Crippen molar-refractivity contribution in [1.82, 2.24) is 0 Å². The molecule has 0 spiro atoms. The molecule has 112 valence electrons. The topological polar surface area (TPSA) is 58.6 Å². The second kappa shape index (κ2) is 8.87. The molecule has 0 saturated carbocycles. The fourth-order valence-corrected chi connectivity index (χ4v) is 2.45. The average molecular weight is 297 g/mol. The Morgan fingerprint density at radius 3 is 2.75 bits per heavy atom. The first-order valence-corrected chi connectivity index (χ1v) is 8.04. The summed E-state index contributed by atoms with van der Waals surface area (Å²) in [6.45, 7) is 5.53. The van der Waals surface area contributed by atoms with Crippen LogP contribution in [0.1, 0.15) is 37.0 Å². The summed E-state index contributed by atoms with van der Waals surface area (Å²) in [5, 5.41) is 12.5. The first-order chi connectivity index (χ1) is 9.56. The number of thioether (sulfide) groups is 1. The van der Waals surface area contributed by atoms with Crippen molar-refractivity contribution in [3.8, 4) is 0 Å². The Hall–Kier alpha value is -1.20. The quantitative estimate of drug-likeness (QED) is 0.537. The molecule has 4 nitrogen and oxygen atoms in total. The smallest absolute Gasteiger partial charge is 0.338 e. The van der Waals surface area contributed by atoms with Crippen LogP contribution in [-0.2, 0) is 4.74 Å². The Morgan fingerprint density at radius 1 is 1.40 bits per heavy atom. The lowest BCUT2D eigenvalue weighted by molar-refractivity contribution is 0.0693. The number of rotatable bonds is 9. The van der Waals surface area contributed by atoms with Crippen LogP contribution in [0.25, 0.3) is 0 Å². The second-order valence-electron chi connectivity index (χ2n) is 4.74. The number of aromatic carboxylic acids is 1. The first kappa shape index (κ1) is 16.9. The number of benzene rings is 1. The van der Waals surface area contributed by atoms with Crippen molar-refractivity contribution in [3.05, 3.63) is 23.8 Å². The van der Waals surface area contributed by atoms with Gasteiger partial charge < -0.3 is 15.2 Å². The van der Waals surface area contributed by atoms with Gasteiger partial charge in [0.25, 0.3) is 0 Å². The van der Waals surface area contributed by atoms with Crippen LogP contribution in [-0.4, -0.2) is 36.6 Å². The summed E-state index contributed by atoms with van der Waals surface area (Å²) in [6, 6.07) is 5.52. The average Bonchev–Trinajstić information content (AvgIpc) is 2.41. The van der Waals surface area contributed by atoms with Crippen LogP contribution in [0.2, 0.25) is 0 Å². The molecule has 0 unspecified atom stereocenters. The number of hydrogen-bond donors (Lipinski definition) is 2. The number of ether oxygens (including phenoxy) is 1. The molecule has 0 heterocycles. The molecule has 0 bridgehead atoms. The van der Waals surface area contributed by atoms with E-state index in [2.05, 4.69) is 5.32 Å². The highest BCUT2D eigenvalue weighted by Crippen LogP contribution is 2.27. The summed E-state index contributed by atoms with van der Waals surface area (Å²) in [4.78, 5) is 12.1. The minimum Gasteiger partial charge on any atom is -0.478 e. The molecule has 0 amide bonds. The van der Waals surface area contributed by atoms with E-state index in [9.17, 15) is 9.90 Å². The lowest BCUT2D eigenvalue weighted by Gasteiger charge is -2.12. The number of carboxylic acids is 1. The maximum Gasteiger partial charge on any atom is 0.338 e. The van der Waals surface area contributed by atoms with E-state index in [1.165, 1.54) is 11.8 Å². The van der Waals surface area contributed by atoms with Crippen LogP contribution in [0.5, 0.6) is 0 Å². The summed E-state index contributed by atoms with van der Waals surface area (Å²) < 4.78 is 5.47. The molecule has 0 atom stereocenters. The molecular formula is C15H23NO3S. The van der Waals surface area contributed by atoms with E-state index < -0.39 is 5.97 Å². The van der Waals surface area contributed by atoms with Crippen molar-refractivity contribution >= 4 is 23.4 Å². The molecule has 5 heteroatoms. The van der Waals surface area contributed by atoms with Crippen molar-refractivity contribution in [3.63, 3.8) is 0 Å². The standard InChI is InChI=1S/C15H23NO3S/c1-11(2)19-10-5-4-9-16-12-7-6-8-13(20-3)14(12)15(17)18/h6-8,11,16H,4-5,9-10H2,1-3H3,(H,17,18). The van der Waals surface area contributed by atoms with E-state index in [1.807, 2.05) is 38.3 Å². The molecule has 0 saturated heterocycles. The minimum atomic E-state index is -0.888. The molecule has 0 aromatic heterocycles. The predicted molar refractivity (Wildman–Crippen MR) is 84.0 cm³/mol. The summed E-state index contributed by atoms with van der Waals surface area (Å²) in [5.74, 6) is -0.888. The van der Waals surface area contributed by atoms with Gasteiger partial charge in [0.05, 0.1) is 11.7 Å². The van der Waals surface area contributed by atoms with Gasteiger partial charge in [-0.3, -0.25) is 0 Å². The van der Waals surface area contributed by atoms with Crippen LogP contribution < -0.4 is 5.32 Å². The number of anilines is 1. The van der Waals surface area contributed by atoms with Gasteiger partial charge in [0.1, 0.15) is 0 Å². The number of hydrogen-bond acceptors (Lipinski definition) is 4. The van der Waals surface area contributed by atoms with Gasteiger partial charge in [-0.25, -0.2) is 4.79 Å². The zero-order chi connectivity index (χ0) is 15.0. The molecule has 20 heavy (non-hydrogen) atoms. The molecule has 1 aromatic rings. The van der Waals surface area contributed by atoms with Crippen molar-refractivity contribution < 1.29 is 14.6 Å². The highest BCUT2D eigenvalue weighted by Gasteiger charge is 2.14. The van der Waals surface area contributed by atoms with Gasteiger partial charge in [-0.15, -0.1) is 11.8 Å². The summed E-state index contributed by atoms with van der Waals surface area (Å²) in [6.07, 6.45) is 4.07. The molecule has 0 aliphatic carbocycles. The normalized spacial score (nSPS) is 10.8. The summed E-state index contributed by atoms with van der Waals surface area (Å²) in [5.41, 5.74) is 1.05.